The molecule has 8 heteroatoms. The van der Waals surface area contributed by atoms with Gasteiger partial charge >= 0.3 is 6.18 Å². The van der Waals surface area contributed by atoms with Gasteiger partial charge in [-0.1, -0.05) is 0 Å². The second-order valence-electron chi connectivity index (χ2n) is 6.95. The van der Waals surface area contributed by atoms with Gasteiger partial charge in [-0.25, -0.2) is 4.98 Å². The number of piperidine rings is 1. The summed E-state index contributed by atoms with van der Waals surface area (Å²) in [5.74, 6) is 1.24. The van der Waals surface area contributed by atoms with Crippen LogP contribution in [-0.2, 0) is 6.18 Å². The summed E-state index contributed by atoms with van der Waals surface area (Å²) >= 11 is 0. The summed E-state index contributed by atoms with van der Waals surface area (Å²) < 4.78 is 40.0. The molecule has 0 radical (unpaired) electrons. The zero-order valence-electron chi connectivity index (χ0n) is 14.5. The molecule has 1 aromatic carbocycles. The Morgan fingerprint density at radius 2 is 1.96 bits per heavy atom. The van der Waals surface area contributed by atoms with Gasteiger partial charge in [0.15, 0.2) is 0 Å². The summed E-state index contributed by atoms with van der Waals surface area (Å²) in [6, 6.07) is 5.77. The van der Waals surface area contributed by atoms with E-state index in [1.54, 1.807) is 30.7 Å². The van der Waals surface area contributed by atoms with Crippen LogP contribution in [0.4, 0.5) is 24.7 Å². The minimum absolute atomic E-state index is 0.120. The molecular weight excluding hydrogens is 355 g/mol. The number of alkyl halides is 3. The van der Waals surface area contributed by atoms with Crippen molar-refractivity contribution in [3.8, 4) is 6.07 Å². The molecule has 1 aromatic heterocycles. The van der Waals surface area contributed by atoms with E-state index in [0.717, 1.165) is 31.3 Å². The van der Waals surface area contributed by atoms with Crippen molar-refractivity contribution in [3.05, 3.63) is 47.9 Å². The monoisotopic (exact) mass is 373 g/mol. The number of aromatic nitrogens is 2. The van der Waals surface area contributed by atoms with Gasteiger partial charge in [-0.3, -0.25) is 4.98 Å². The fourth-order valence-corrected chi connectivity index (χ4v) is 4.17. The summed E-state index contributed by atoms with van der Waals surface area (Å²) in [6.45, 7) is 2.28. The van der Waals surface area contributed by atoms with E-state index in [2.05, 4.69) is 14.9 Å². The Hall–Kier alpha value is -2.82. The predicted molar refractivity (Wildman–Crippen MR) is 94.3 cm³/mol. The molecule has 2 unspecified atom stereocenters. The van der Waals surface area contributed by atoms with Gasteiger partial charge in [-0.05, 0) is 37.0 Å². The van der Waals surface area contributed by atoms with Crippen molar-refractivity contribution in [1.82, 2.24) is 9.97 Å². The van der Waals surface area contributed by atoms with E-state index >= 15 is 0 Å². The molecule has 0 spiro atoms. The van der Waals surface area contributed by atoms with E-state index in [0.29, 0.717) is 24.7 Å². The Labute approximate surface area is 155 Å². The highest BCUT2D eigenvalue weighted by atomic mass is 19.4. The molecule has 4 rings (SSSR count). The first-order valence-corrected chi connectivity index (χ1v) is 8.86. The number of benzene rings is 1. The van der Waals surface area contributed by atoms with Crippen LogP contribution in [0, 0.1) is 17.2 Å². The van der Waals surface area contributed by atoms with E-state index in [-0.39, 0.29) is 11.6 Å². The SMILES string of the molecule is N#Cc1ccc(N2CCC3CCN(c4cnccn4)CC32)cc1C(F)(F)F. The van der Waals surface area contributed by atoms with Crippen LogP contribution < -0.4 is 9.80 Å². The van der Waals surface area contributed by atoms with Crippen LogP contribution >= 0.6 is 0 Å². The summed E-state index contributed by atoms with van der Waals surface area (Å²) in [6.07, 6.45) is 2.36. The minimum atomic E-state index is -4.54. The van der Waals surface area contributed by atoms with Gasteiger partial charge in [0.1, 0.15) is 5.82 Å². The lowest BCUT2D eigenvalue weighted by Crippen LogP contribution is -2.48. The molecule has 0 bridgehead atoms. The highest BCUT2D eigenvalue weighted by Gasteiger charge is 2.40. The third-order valence-electron chi connectivity index (χ3n) is 5.50. The van der Waals surface area contributed by atoms with Crippen molar-refractivity contribution >= 4 is 11.5 Å². The van der Waals surface area contributed by atoms with Crippen molar-refractivity contribution < 1.29 is 13.2 Å². The van der Waals surface area contributed by atoms with Crippen LogP contribution in [0.1, 0.15) is 24.0 Å². The molecule has 2 aliphatic rings. The molecule has 0 amide bonds. The third kappa shape index (κ3) is 3.29. The van der Waals surface area contributed by atoms with E-state index < -0.39 is 11.7 Å². The van der Waals surface area contributed by atoms with Gasteiger partial charge in [0.2, 0.25) is 0 Å². The van der Waals surface area contributed by atoms with E-state index in [4.69, 9.17) is 5.26 Å². The van der Waals surface area contributed by atoms with Crippen LogP contribution in [0.15, 0.2) is 36.8 Å². The highest BCUT2D eigenvalue weighted by molar-refractivity contribution is 5.57. The molecule has 2 aliphatic heterocycles. The summed E-state index contributed by atoms with van der Waals surface area (Å²) in [5.41, 5.74) is -0.686. The van der Waals surface area contributed by atoms with E-state index in [1.807, 2.05) is 4.90 Å². The lowest BCUT2D eigenvalue weighted by atomic mass is 9.92. The topological polar surface area (TPSA) is 56.1 Å². The lowest BCUT2D eigenvalue weighted by Gasteiger charge is -2.39. The summed E-state index contributed by atoms with van der Waals surface area (Å²) in [7, 11) is 0. The number of nitrogens with zero attached hydrogens (tertiary/aromatic N) is 5. The zero-order valence-corrected chi connectivity index (χ0v) is 14.5. The van der Waals surface area contributed by atoms with Crippen LogP contribution in [0.3, 0.4) is 0 Å². The number of halogens is 3. The third-order valence-corrected chi connectivity index (χ3v) is 5.50. The number of hydrogen-bond acceptors (Lipinski definition) is 5. The number of anilines is 2. The highest BCUT2D eigenvalue weighted by Crippen LogP contribution is 2.39. The van der Waals surface area contributed by atoms with Crippen molar-refractivity contribution in [2.24, 2.45) is 5.92 Å². The van der Waals surface area contributed by atoms with Crippen molar-refractivity contribution in [2.75, 3.05) is 29.4 Å². The van der Waals surface area contributed by atoms with E-state index in [9.17, 15) is 13.2 Å². The van der Waals surface area contributed by atoms with Crippen molar-refractivity contribution in [3.63, 3.8) is 0 Å². The maximum atomic E-state index is 13.3. The fourth-order valence-electron chi connectivity index (χ4n) is 4.17. The first-order valence-electron chi connectivity index (χ1n) is 8.86. The van der Waals surface area contributed by atoms with Crippen LogP contribution in [0.5, 0.6) is 0 Å². The second kappa shape index (κ2) is 6.72. The van der Waals surface area contributed by atoms with E-state index in [1.165, 1.54) is 6.07 Å². The molecule has 5 nitrogen and oxygen atoms in total. The van der Waals surface area contributed by atoms with Gasteiger partial charge in [0, 0.05) is 43.8 Å². The second-order valence-corrected chi connectivity index (χ2v) is 6.95. The average Bonchev–Trinajstić information content (AvgIpc) is 3.10. The largest absolute Gasteiger partial charge is 0.417 e. The Morgan fingerprint density at radius 3 is 2.67 bits per heavy atom. The lowest BCUT2D eigenvalue weighted by molar-refractivity contribution is -0.137. The normalized spacial score (nSPS) is 22.4. The fraction of sp³-hybridized carbons (Fsp3) is 0.421. The summed E-state index contributed by atoms with van der Waals surface area (Å²) in [4.78, 5) is 12.6. The Kier molecular flexibility index (Phi) is 4.38. The van der Waals surface area contributed by atoms with Gasteiger partial charge in [0.25, 0.3) is 0 Å². The zero-order chi connectivity index (χ0) is 19.0. The molecule has 2 saturated heterocycles. The van der Waals surface area contributed by atoms with Crippen LogP contribution in [0.25, 0.3) is 0 Å². The molecule has 140 valence electrons. The average molecular weight is 373 g/mol. The maximum Gasteiger partial charge on any atom is 0.417 e. The molecule has 3 heterocycles. The Balaban J connectivity index is 1.62. The van der Waals surface area contributed by atoms with Gasteiger partial charge in [-0.15, -0.1) is 0 Å². The molecule has 0 saturated carbocycles. The predicted octanol–water partition coefficient (Wildman–Crippen LogP) is 3.47. The van der Waals surface area contributed by atoms with Crippen molar-refractivity contribution in [2.45, 2.75) is 25.1 Å². The maximum absolute atomic E-state index is 13.3. The number of hydrogen-bond donors (Lipinski definition) is 0. The van der Waals surface area contributed by atoms with Crippen LogP contribution in [0.2, 0.25) is 0 Å². The minimum Gasteiger partial charge on any atom is -0.366 e. The summed E-state index contributed by atoms with van der Waals surface area (Å²) in [5, 5.41) is 9.00. The Morgan fingerprint density at radius 1 is 1.15 bits per heavy atom. The number of fused-ring (bicyclic) bond motifs is 1. The molecule has 2 atom stereocenters. The van der Waals surface area contributed by atoms with Crippen LogP contribution in [-0.4, -0.2) is 35.6 Å². The first kappa shape index (κ1) is 17.6. The quantitative estimate of drug-likeness (QED) is 0.807. The molecule has 2 aromatic rings. The smallest absolute Gasteiger partial charge is 0.366 e. The molecule has 27 heavy (non-hydrogen) atoms. The first-order chi connectivity index (χ1) is 13.0. The molecule has 0 aliphatic carbocycles. The molecular formula is C19H18F3N5. The number of nitriles is 1. The standard InChI is InChI=1S/C19H18F3N5/c20-19(21,22)16-9-15(2-1-14(16)10-23)27-8-4-13-3-7-26(12-17(13)27)18-11-24-5-6-25-18/h1-2,5-6,9,11,13,17H,3-4,7-8,12H2. The number of rotatable bonds is 2. The van der Waals surface area contributed by atoms with Gasteiger partial charge in [0.05, 0.1) is 23.4 Å². The van der Waals surface area contributed by atoms with Gasteiger partial charge < -0.3 is 9.80 Å². The Bertz CT molecular complexity index is 862. The molecule has 0 N–H and O–H groups in total. The molecule has 2 fully saturated rings. The van der Waals surface area contributed by atoms with Gasteiger partial charge in [-0.2, -0.15) is 18.4 Å². The van der Waals surface area contributed by atoms with Crippen molar-refractivity contribution in [1.29, 1.82) is 5.26 Å².